The number of nitrogens with one attached hydrogen (secondary N) is 2. The first kappa shape index (κ1) is 22.8. The molecule has 35 heavy (non-hydrogen) atoms. The lowest BCUT2D eigenvalue weighted by molar-refractivity contribution is 0.468. The molecule has 1 aromatic heterocycles. The van der Waals surface area contributed by atoms with Crippen LogP contribution in [-0.4, -0.2) is 22.6 Å². The van der Waals surface area contributed by atoms with Crippen LogP contribution < -0.4 is 26.8 Å². The Labute approximate surface area is 202 Å². The molecule has 0 amide bonds. The number of ether oxygens (including phenoxy) is 1. The van der Waals surface area contributed by atoms with Crippen LogP contribution in [0.15, 0.2) is 77.7 Å². The Morgan fingerprint density at radius 3 is 2.49 bits per heavy atom. The molecule has 0 saturated carbocycles. The Morgan fingerprint density at radius 1 is 0.971 bits per heavy atom. The highest BCUT2D eigenvalue weighted by Gasteiger charge is 2.20. The highest BCUT2D eigenvalue weighted by atomic mass is 19.1. The molecule has 0 saturated heterocycles. The minimum atomic E-state index is -0.370. The van der Waals surface area contributed by atoms with E-state index < -0.39 is 0 Å². The molecule has 3 aromatic carbocycles. The average molecular weight is 472 g/mol. The van der Waals surface area contributed by atoms with Gasteiger partial charge in [0.1, 0.15) is 5.82 Å². The van der Waals surface area contributed by atoms with Gasteiger partial charge in [-0.1, -0.05) is 42.5 Å². The average Bonchev–Trinajstić information content (AvgIpc) is 2.87. The normalized spacial score (nSPS) is 11.8. The van der Waals surface area contributed by atoms with Crippen molar-refractivity contribution in [3.05, 3.63) is 100 Å². The van der Waals surface area contributed by atoms with Gasteiger partial charge < -0.3 is 21.1 Å². The summed E-state index contributed by atoms with van der Waals surface area (Å²) in [7, 11) is 0. The molecule has 178 valence electrons. The Hall–Kier alpha value is -4.01. The highest BCUT2D eigenvalue weighted by Crippen LogP contribution is 2.41. The molecular weight excluding hydrogens is 445 g/mol. The topological polar surface area (TPSA) is 94.2 Å². The summed E-state index contributed by atoms with van der Waals surface area (Å²) < 4.78 is 20.8. The van der Waals surface area contributed by atoms with Crippen LogP contribution in [0.1, 0.15) is 17.5 Å². The fraction of sp³-hybridized carbons (Fsp3) is 0.185. The van der Waals surface area contributed by atoms with Gasteiger partial charge in [0, 0.05) is 6.54 Å². The fourth-order valence-corrected chi connectivity index (χ4v) is 3.95. The maximum absolute atomic E-state index is 13.3. The van der Waals surface area contributed by atoms with Crippen molar-refractivity contribution >= 4 is 11.5 Å². The third kappa shape index (κ3) is 5.24. The zero-order chi connectivity index (χ0) is 24.2. The summed E-state index contributed by atoms with van der Waals surface area (Å²) >= 11 is 0. The lowest BCUT2D eigenvalue weighted by Gasteiger charge is -2.22. The zero-order valence-corrected chi connectivity index (χ0v) is 19.1. The molecule has 0 fully saturated rings. The number of anilines is 2. The molecule has 4 N–H and O–H groups in total. The van der Waals surface area contributed by atoms with Gasteiger partial charge in [-0.25, -0.2) is 9.18 Å². The number of nitrogens with two attached hydrogens (primary N) is 1. The summed E-state index contributed by atoms with van der Waals surface area (Å²) in [6.07, 6.45) is 2.62. The maximum Gasteiger partial charge on any atom is 0.350 e. The van der Waals surface area contributed by atoms with E-state index in [-0.39, 0.29) is 11.5 Å². The van der Waals surface area contributed by atoms with Crippen LogP contribution in [0.25, 0.3) is 11.1 Å². The number of hydrogen-bond acceptors (Lipinski definition) is 6. The molecule has 5 rings (SSSR count). The molecule has 0 spiro atoms. The first-order chi connectivity index (χ1) is 17.1. The van der Waals surface area contributed by atoms with Crippen molar-refractivity contribution in [2.75, 3.05) is 18.4 Å². The van der Waals surface area contributed by atoms with Gasteiger partial charge in [-0.2, -0.15) is 4.98 Å². The number of fused-ring (bicyclic) bond motifs is 2. The van der Waals surface area contributed by atoms with E-state index in [1.807, 2.05) is 30.3 Å². The summed E-state index contributed by atoms with van der Waals surface area (Å²) in [5, 5.41) is 6.55. The molecule has 8 heteroatoms. The summed E-state index contributed by atoms with van der Waals surface area (Å²) in [5.41, 5.74) is 9.78. The Kier molecular flexibility index (Phi) is 6.56. The number of halogens is 1. The predicted molar refractivity (Wildman–Crippen MR) is 135 cm³/mol. The minimum Gasteiger partial charge on any atom is -0.450 e. The van der Waals surface area contributed by atoms with Crippen molar-refractivity contribution in [3.8, 4) is 22.6 Å². The van der Waals surface area contributed by atoms with Gasteiger partial charge >= 0.3 is 5.69 Å². The number of aromatic nitrogens is 2. The SMILES string of the molecule is NCCCNCc1ccc(Cn2cc3c(nc2=O)Nc2cc(-c4ccc(F)cc4)ccc2O3)cc1. The van der Waals surface area contributed by atoms with Crippen LogP contribution in [0.4, 0.5) is 15.9 Å². The highest BCUT2D eigenvalue weighted by molar-refractivity contribution is 5.78. The first-order valence-electron chi connectivity index (χ1n) is 11.5. The smallest absolute Gasteiger partial charge is 0.350 e. The van der Waals surface area contributed by atoms with Gasteiger partial charge in [0.05, 0.1) is 18.4 Å². The van der Waals surface area contributed by atoms with E-state index >= 15 is 0 Å². The summed E-state index contributed by atoms with van der Waals surface area (Å²) in [5.74, 6) is 1.19. The second-order valence-electron chi connectivity index (χ2n) is 8.44. The van der Waals surface area contributed by atoms with Crippen molar-refractivity contribution in [1.29, 1.82) is 0 Å². The van der Waals surface area contributed by atoms with Crippen LogP contribution in [0.5, 0.6) is 11.5 Å². The Bertz CT molecular complexity index is 1380. The number of nitrogens with zero attached hydrogens (tertiary/aromatic N) is 2. The molecule has 7 nitrogen and oxygen atoms in total. The van der Waals surface area contributed by atoms with Crippen LogP contribution in [0, 0.1) is 5.82 Å². The van der Waals surface area contributed by atoms with E-state index in [1.54, 1.807) is 18.3 Å². The van der Waals surface area contributed by atoms with Crippen LogP contribution in [0.2, 0.25) is 0 Å². The van der Waals surface area contributed by atoms with E-state index in [9.17, 15) is 9.18 Å². The summed E-state index contributed by atoms with van der Waals surface area (Å²) in [6, 6.07) is 20.1. The second kappa shape index (κ2) is 10.1. The molecule has 0 unspecified atom stereocenters. The number of benzene rings is 3. The molecule has 0 atom stereocenters. The van der Waals surface area contributed by atoms with Crippen molar-refractivity contribution in [1.82, 2.24) is 14.9 Å². The molecule has 4 aromatic rings. The van der Waals surface area contributed by atoms with Crippen molar-refractivity contribution < 1.29 is 9.13 Å². The van der Waals surface area contributed by atoms with Gasteiger partial charge in [0.2, 0.25) is 0 Å². The first-order valence-corrected chi connectivity index (χ1v) is 11.5. The molecule has 0 aliphatic carbocycles. The molecule has 2 heterocycles. The quantitative estimate of drug-likeness (QED) is 0.291. The Balaban J connectivity index is 1.30. The van der Waals surface area contributed by atoms with Crippen LogP contribution in [-0.2, 0) is 13.1 Å². The summed E-state index contributed by atoms with van der Waals surface area (Å²) in [6.45, 7) is 2.73. The van der Waals surface area contributed by atoms with Crippen molar-refractivity contribution in [2.45, 2.75) is 19.5 Å². The van der Waals surface area contributed by atoms with E-state index in [0.29, 0.717) is 36.1 Å². The molecule has 1 aliphatic rings. The Morgan fingerprint density at radius 2 is 1.71 bits per heavy atom. The standard InChI is InChI=1S/C27H26FN5O2/c28-22-9-6-20(7-10-22)21-8-11-24-23(14-21)31-26-25(35-24)17-33(27(34)32-26)16-19-4-2-18(3-5-19)15-30-13-1-12-29/h2-11,14,17,30H,1,12-13,15-16,29H2,(H,31,32,34). The number of hydrogen-bond donors (Lipinski definition) is 3. The van der Waals surface area contributed by atoms with Crippen molar-refractivity contribution in [2.24, 2.45) is 5.73 Å². The van der Waals surface area contributed by atoms with E-state index in [1.165, 1.54) is 22.3 Å². The van der Waals surface area contributed by atoms with Crippen LogP contribution >= 0.6 is 0 Å². The van der Waals surface area contributed by atoms with Gasteiger partial charge in [0.25, 0.3) is 0 Å². The van der Waals surface area contributed by atoms with E-state index in [4.69, 9.17) is 10.5 Å². The fourth-order valence-electron chi connectivity index (χ4n) is 3.95. The van der Waals surface area contributed by atoms with Gasteiger partial charge in [0.15, 0.2) is 17.3 Å². The largest absolute Gasteiger partial charge is 0.450 e. The van der Waals surface area contributed by atoms with E-state index in [0.717, 1.165) is 36.2 Å². The van der Waals surface area contributed by atoms with Gasteiger partial charge in [-0.15, -0.1) is 0 Å². The van der Waals surface area contributed by atoms with E-state index in [2.05, 4.69) is 27.8 Å². The number of rotatable bonds is 8. The third-order valence-corrected chi connectivity index (χ3v) is 5.85. The zero-order valence-electron chi connectivity index (χ0n) is 19.1. The molecule has 0 bridgehead atoms. The minimum absolute atomic E-state index is 0.283. The lowest BCUT2D eigenvalue weighted by atomic mass is 10.0. The monoisotopic (exact) mass is 471 g/mol. The van der Waals surface area contributed by atoms with Gasteiger partial charge in [-0.3, -0.25) is 4.57 Å². The maximum atomic E-state index is 13.3. The van der Waals surface area contributed by atoms with Gasteiger partial charge in [-0.05, 0) is 66.0 Å². The van der Waals surface area contributed by atoms with Crippen LogP contribution in [0.3, 0.4) is 0 Å². The lowest BCUT2D eigenvalue weighted by Crippen LogP contribution is -2.25. The molecule has 1 aliphatic heterocycles. The second-order valence-corrected chi connectivity index (χ2v) is 8.44. The predicted octanol–water partition coefficient (Wildman–Crippen LogP) is 4.39. The third-order valence-electron chi connectivity index (χ3n) is 5.85. The van der Waals surface area contributed by atoms with Crippen molar-refractivity contribution in [3.63, 3.8) is 0 Å². The molecular formula is C27H26FN5O2. The summed E-state index contributed by atoms with van der Waals surface area (Å²) in [4.78, 5) is 16.9. The molecule has 0 radical (unpaired) electrons.